The highest BCUT2D eigenvalue weighted by Gasteiger charge is 2.13. The van der Waals surface area contributed by atoms with Crippen molar-refractivity contribution in [1.82, 2.24) is 15.0 Å². The molecular weight excluding hydrogens is 300 g/mol. The molecule has 1 heterocycles. The minimum absolute atomic E-state index is 0.107. The average Bonchev–Trinajstić information content (AvgIpc) is 2.77. The summed E-state index contributed by atoms with van der Waals surface area (Å²) in [6, 6.07) is 6.65. The molecule has 0 saturated heterocycles. The Bertz CT molecular complexity index is 555. The van der Waals surface area contributed by atoms with Crippen LogP contribution in [0.4, 0.5) is 5.69 Å². The molecule has 7 heteroatoms. The van der Waals surface area contributed by atoms with Crippen LogP contribution in [-0.4, -0.2) is 25.2 Å². The Kier molecular flexibility index (Phi) is 4.03. The smallest absolute Gasteiger partial charge is 0.258 e. The number of rotatable bonds is 5. The number of para-hydroxylation sites is 1. The highest BCUT2D eigenvalue weighted by Crippen LogP contribution is 2.18. The summed E-state index contributed by atoms with van der Waals surface area (Å²) in [6.45, 7) is 0.354. The Morgan fingerprint density at radius 3 is 2.89 bits per heavy atom. The zero-order valence-corrected chi connectivity index (χ0v) is 11.1. The van der Waals surface area contributed by atoms with Crippen LogP contribution in [0.5, 0.6) is 0 Å². The average molecular weight is 311 g/mol. The van der Waals surface area contributed by atoms with Crippen molar-refractivity contribution in [2.75, 3.05) is 5.33 Å². The lowest BCUT2D eigenvalue weighted by atomic mass is 10.2. The number of benzene rings is 1. The standard InChI is InChI=1S/C11H11BrN4O2/c12-6-5-10-8-15(14-13-10)7-9-3-1-2-4-11(9)16(17)18/h1-4,8H,5-7H2. The third-order valence-electron chi connectivity index (χ3n) is 2.46. The maximum absolute atomic E-state index is 10.9. The van der Waals surface area contributed by atoms with Gasteiger partial charge in [0.2, 0.25) is 0 Å². The van der Waals surface area contributed by atoms with Gasteiger partial charge in [-0.05, 0) is 0 Å². The molecule has 1 aromatic heterocycles. The van der Waals surface area contributed by atoms with Gasteiger partial charge in [0, 0.05) is 24.0 Å². The van der Waals surface area contributed by atoms with E-state index in [-0.39, 0.29) is 10.6 Å². The summed E-state index contributed by atoms with van der Waals surface area (Å²) in [5.74, 6) is 0. The van der Waals surface area contributed by atoms with Crippen molar-refractivity contribution >= 4 is 21.6 Å². The Labute approximate surface area is 112 Å². The van der Waals surface area contributed by atoms with Gasteiger partial charge in [0.1, 0.15) is 0 Å². The van der Waals surface area contributed by atoms with Gasteiger partial charge < -0.3 is 0 Å². The fourth-order valence-corrected chi connectivity index (χ4v) is 2.03. The van der Waals surface area contributed by atoms with E-state index in [1.54, 1.807) is 29.1 Å². The van der Waals surface area contributed by atoms with E-state index in [1.807, 2.05) is 0 Å². The molecule has 0 fully saturated rings. The molecule has 1 aromatic carbocycles. The number of aromatic nitrogens is 3. The van der Waals surface area contributed by atoms with Gasteiger partial charge in [-0.1, -0.05) is 39.3 Å². The molecule has 0 aliphatic rings. The van der Waals surface area contributed by atoms with E-state index < -0.39 is 0 Å². The van der Waals surface area contributed by atoms with Gasteiger partial charge in [-0.25, -0.2) is 4.68 Å². The van der Waals surface area contributed by atoms with Crippen molar-refractivity contribution in [3.05, 3.63) is 51.8 Å². The number of hydrogen-bond donors (Lipinski definition) is 0. The summed E-state index contributed by atoms with van der Waals surface area (Å²) in [5.41, 5.74) is 1.60. The lowest BCUT2D eigenvalue weighted by Crippen LogP contribution is -2.03. The molecule has 0 radical (unpaired) electrons. The predicted octanol–water partition coefficient (Wildman–Crippen LogP) is 2.17. The molecule has 94 valence electrons. The SMILES string of the molecule is O=[N+]([O-])c1ccccc1Cn1cc(CCBr)nn1. The lowest BCUT2D eigenvalue weighted by Gasteiger charge is -2.01. The third kappa shape index (κ3) is 2.92. The van der Waals surface area contributed by atoms with Crippen LogP contribution in [0.3, 0.4) is 0 Å². The zero-order valence-electron chi connectivity index (χ0n) is 9.49. The molecule has 0 N–H and O–H groups in total. The number of nitro benzene ring substituents is 1. The number of halogens is 1. The van der Waals surface area contributed by atoms with E-state index in [9.17, 15) is 10.1 Å². The molecule has 0 amide bonds. The zero-order chi connectivity index (χ0) is 13.0. The maximum Gasteiger partial charge on any atom is 0.274 e. The molecule has 0 aliphatic carbocycles. The topological polar surface area (TPSA) is 73.8 Å². The van der Waals surface area contributed by atoms with Gasteiger partial charge in [0.05, 0.1) is 22.7 Å². The van der Waals surface area contributed by atoms with Crippen molar-refractivity contribution in [2.45, 2.75) is 13.0 Å². The van der Waals surface area contributed by atoms with E-state index in [0.29, 0.717) is 12.1 Å². The Balaban J connectivity index is 2.20. The molecule has 0 spiro atoms. The van der Waals surface area contributed by atoms with Crippen molar-refractivity contribution in [1.29, 1.82) is 0 Å². The van der Waals surface area contributed by atoms with E-state index in [0.717, 1.165) is 17.4 Å². The predicted molar refractivity (Wildman–Crippen MR) is 69.7 cm³/mol. The van der Waals surface area contributed by atoms with Gasteiger partial charge in [-0.15, -0.1) is 5.10 Å². The van der Waals surface area contributed by atoms with E-state index in [1.165, 1.54) is 6.07 Å². The summed E-state index contributed by atoms with van der Waals surface area (Å²) in [4.78, 5) is 10.5. The van der Waals surface area contributed by atoms with Crippen molar-refractivity contribution in [3.63, 3.8) is 0 Å². The highest BCUT2D eigenvalue weighted by molar-refractivity contribution is 9.09. The summed E-state index contributed by atoms with van der Waals surface area (Å²) in [7, 11) is 0. The lowest BCUT2D eigenvalue weighted by molar-refractivity contribution is -0.385. The normalized spacial score (nSPS) is 10.5. The van der Waals surface area contributed by atoms with Gasteiger partial charge >= 0.3 is 0 Å². The van der Waals surface area contributed by atoms with Gasteiger partial charge in [0.25, 0.3) is 5.69 Å². The summed E-state index contributed by atoms with van der Waals surface area (Å²) >= 11 is 3.33. The van der Waals surface area contributed by atoms with Crippen LogP contribution in [0.25, 0.3) is 0 Å². The molecule has 0 unspecified atom stereocenters. The maximum atomic E-state index is 10.9. The second-order valence-electron chi connectivity index (χ2n) is 3.73. The molecular formula is C11H11BrN4O2. The first-order valence-electron chi connectivity index (χ1n) is 5.38. The van der Waals surface area contributed by atoms with Crippen LogP contribution in [-0.2, 0) is 13.0 Å². The summed E-state index contributed by atoms with van der Waals surface area (Å²) in [5, 5.41) is 19.6. The number of nitro groups is 1. The number of hydrogen-bond acceptors (Lipinski definition) is 4. The summed E-state index contributed by atoms with van der Waals surface area (Å²) in [6.07, 6.45) is 2.59. The highest BCUT2D eigenvalue weighted by atomic mass is 79.9. The molecule has 6 nitrogen and oxygen atoms in total. The number of aryl methyl sites for hydroxylation is 1. The second-order valence-corrected chi connectivity index (χ2v) is 4.53. The first-order valence-corrected chi connectivity index (χ1v) is 6.50. The Hall–Kier alpha value is -1.76. The Morgan fingerprint density at radius 1 is 1.39 bits per heavy atom. The van der Waals surface area contributed by atoms with E-state index in [2.05, 4.69) is 26.2 Å². The van der Waals surface area contributed by atoms with Crippen molar-refractivity contribution < 1.29 is 4.92 Å². The molecule has 2 aromatic rings. The van der Waals surface area contributed by atoms with Crippen LogP contribution in [0.1, 0.15) is 11.3 Å². The molecule has 18 heavy (non-hydrogen) atoms. The number of alkyl halides is 1. The van der Waals surface area contributed by atoms with Gasteiger partial charge in [-0.3, -0.25) is 10.1 Å². The van der Waals surface area contributed by atoms with Crippen molar-refractivity contribution in [3.8, 4) is 0 Å². The Morgan fingerprint density at radius 2 is 2.17 bits per heavy atom. The fourth-order valence-electron chi connectivity index (χ4n) is 1.62. The third-order valence-corrected chi connectivity index (χ3v) is 2.85. The van der Waals surface area contributed by atoms with Crippen LogP contribution in [0.2, 0.25) is 0 Å². The molecule has 0 saturated carbocycles. The largest absolute Gasteiger partial charge is 0.274 e. The number of nitrogens with zero attached hydrogens (tertiary/aromatic N) is 4. The quantitative estimate of drug-likeness (QED) is 0.482. The van der Waals surface area contributed by atoms with Crippen LogP contribution in [0, 0.1) is 10.1 Å². The van der Waals surface area contributed by atoms with Crippen molar-refractivity contribution in [2.24, 2.45) is 0 Å². The summed E-state index contributed by atoms with van der Waals surface area (Å²) < 4.78 is 1.61. The molecule has 0 bridgehead atoms. The minimum Gasteiger partial charge on any atom is -0.258 e. The van der Waals surface area contributed by atoms with Crippen LogP contribution in [0.15, 0.2) is 30.5 Å². The van der Waals surface area contributed by atoms with Crippen LogP contribution < -0.4 is 0 Å². The monoisotopic (exact) mass is 310 g/mol. The van der Waals surface area contributed by atoms with E-state index >= 15 is 0 Å². The fraction of sp³-hybridized carbons (Fsp3) is 0.273. The van der Waals surface area contributed by atoms with E-state index in [4.69, 9.17) is 0 Å². The van der Waals surface area contributed by atoms with Gasteiger partial charge in [-0.2, -0.15) is 0 Å². The first kappa shape index (κ1) is 12.7. The molecule has 0 aliphatic heterocycles. The van der Waals surface area contributed by atoms with Gasteiger partial charge in [0.15, 0.2) is 0 Å². The molecule has 0 atom stereocenters. The van der Waals surface area contributed by atoms with Crippen LogP contribution >= 0.6 is 15.9 Å². The first-order chi connectivity index (χ1) is 8.70. The second kappa shape index (κ2) is 5.72. The molecule has 2 rings (SSSR count). The minimum atomic E-state index is -0.383.